The zero-order valence-electron chi connectivity index (χ0n) is 16.6. The van der Waals surface area contributed by atoms with Gasteiger partial charge in [0.05, 0.1) is 0 Å². The molecule has 3 aromatic rings. The standard InChI is InChI=1S/C21H18F2N4O4/c1-12-11-17(28)19(26-27(12)16-9-5-3-7-14(16)22)21(30)25-24-20(29)13(2)31-18-10-6-4-8-15(18)23/h3-11,13H,1-2H3,(H,24,29)(H,25,30). The van der Waals surface area contributed by atoms with Gasteiger partial charge in [-0.25, -0.2) is 13.5 Å². The van der Waals surface area contributed by atoms with Gasteiger partial charge >= 0.3 is 0 Å². The van der Waals surface area contributed by atoms with Crippen molar-refractivity contribution in [1.82, 2.24) is 20.6 Å². The molecule has 2 aromatic carbocycles. The minimum Gasteiger partial charge on any atom is -0.478 e. The summed E-state index contributed by atoms with van der Waals surface area (Å²) in [7, 11) is 0. The second-order valence-corrected chi connectivity index (χ2v) is 6.50. The van der Waals surface area contributed by atoms with Gasteiger partial charge in [0.2, 0.25) is 5.43 Å². The van der Waals surface area contributed by atoms with Crippen molar-refractivity contribution in [2.45, 2.75) is 20.0 Å². The molecule has 1 unspecified atom stereocenters. The molecule has 0 radical (unpaired) electrons. The van der Waals surface area contributed by atoms with Crippen LogP contribution in [-0.4, -0.2) is 27.7 Å². The van der Waals surface area contributed by atoms with Crippen LogP contribution in [0.1, 0.15) is 23.1 Å². The first-order valence-corrected chi connectivity index (χ1v) is 9.15. The lowest BCUT2D eigenvalue weighted by atomic mass is 10.2. The molecule has 0 spiro atoms. The van der Waals surface area contributed by atoms with Crippen molar-refractivity contribution in [3.63, 3.8) is 0 Å². The topological polar surface area (TPSA) is 102 Å². The Hall–Kier alpha value is -4.08. The number of hydrogen-bond acceptors (Lipinski definition) is 5. The van der Waals surface area contributed by atoms with Gasteiger partial charge in [0.25, 0.3) is 11.8 Å². The van der Waals surface area contributed by atoms with Crippen molar-refractivity contribution < 1.29 is 23.1 Å². The van der Waals surface area contributed by atoms with E-state index in [1.54, 1.807) is 6.07 Å². The van der Waals surface area contributed by atoms with E-state index in [9.17, 15) is 23.2 Å². The van der Waals surface area contributed by atoms with E-state index in [0.29, 0.717) is 5.69 Å². The van der Waals surface area contributed by atoms with Crippen molar-refractivity contribution in [2.75, 3.05) is 0 Å². The van der Waals surface area contributed by atoms with Gasteiger partial charge in [-0.1, -0.05) is 24.3 Å². The fraction of sp³-hybridized carbons (Fsp3) is 0.143. The van der Waals surface area contributed by atoms with E-state index in [1.807, 2.05) is 0 Å². The Morgan fingerprint density at radius 3 is 2.35 bits per heavy atom. The Labute approximate surface area is 175 Å². The summed E-state index contributed by atoms with van der Waals surface area (Å²) in [6.45, 7) is 2.88. The molecule has 160 valence electrons. The number of halogens is 2. The van der Waals surface area contributed by atoms with Gasteiger partial charge < -0.3 is 4.74 Å². The number of carbonyl (C=O) groups excluding carboxylic acids is 2. The zero-order chi connectivity index (χ0) is 22.5. The van der Waals surface area contributed by atoms with Crippen molar-refractivity contribution in [3.8, 4) is 11.4 Å². The number of nitrogens with one attached hydrogen (secondary N) is 2. The highest BCUT2D eigenvalue weighted by Crippen LogP contribution is 2.17. The number of hydrogen-bond donors (Lipinski definition) is 2. The third kappa shape index (κ3) is 4.92. The van der Waals surface area contributed by atoms with Crippen LogP contribution in [0.5, 0.6) is 5.75 Å². The lowest BCUT2D eigenvalue weighted by molar-refractivity contribution is -0.128. The lowest BCUT2D eigenvalue weighted by Gasteiger charge is -2.16. The van der Waals surface area contributed by atoms with Crippen LogP contribution in [0.4, 0.5) is 8.78 Å². The lowest BCUT2D eigenvalue weighted by Crippen LogP contribution is -2.48. The molecule has 0 fully saturated rings. The second-order valence-electron chi connectivity index (χ2n) is 6.50. The number of amides is 2. The summed E-state index contributed by atoms with van der Waals surface area (Å²) in [5.74, 6) is -3.19. The Bertz CT molecular complexity index is 1200. The summed E-state index contributed by atoms with van der Waals surface area (Å²) in [6, 6.07) is 12.4. The van der Waals surface area contributed by atoms with Gasteiger partial charge in [0.1, 0.15) is 11.5 Å². The maximum Gasteiger partial charge on any atom is 0.294 e. The Morgan fingerprint density at radius 1 is 1.03 bits per heavy atom. The molecule has 0 aliphatic heterocycles. The zero-order valence-corrected chi connectivity index (χ0v) is 16.6. The van der Waals surface area contributed by atoms with E-state index in [-0.39, 0.29) is 11.4 Å². The van der Waals surface area contributed by atoms with Crippen LogP contribution in [0.15, 0.2) is 59.4 Å². The molecular formula is C21H18F2N4O4. The van der Waals surface area contributed by atoms with Crippen LogP contribution in [0.3, 0.4) is 0 Å². The van der Waals surface area contributed by atoms with Gasteiger partial charge in [-0.2, -0.15) is 5.10 Å². The highest BCUT2D eigenvalue weighted by molar-refractivity contribution is 5.94. The Morgan fingerprint density at radius 2 is 1.68 bits per heavy atom. The first-order chi connectivity index (χ1) is 14.8. The second kappa shape index (κ2) is 9.16. The summed E-state index contributed by atoms with van der Waals surface area (Å²) < 4.78 is 34.1. The van der Waals surface area contributed by atoms with Crippen LogP contribution < -0.4 is 21.0 Å². The summed E-state index contributed by atoms with van der Waals surface area (Å²) in [4.78, 5) is 36.7. The SMILES string of the molecule is Cc1cc(=O)c(C(=O)NNC(=O)C(C)Oc2ccccc2F)nn1-c1ccccc1F. The highest BCUT2D eigenvalue weighted by Gasteiger charge is 2.20. The summed E-state index contributed by atoms with van der Waals surface area (Å²) in [5, 5.41) is 3.92. The molecule has 0 aliphatic carbocycles. The van der Waals surface area contributed by atoms with Crippen LogP contribution in [0.2, 0.25) is 0 Å². The number of benzene rings is 2. The third-order valence-electron chi connectivity index (χ3n) is 4.21. The Kier molecular flexibility index (Phi) is 6.39. The number of ether oxygens (including phenoxy) is 1. The number of para-hydroxylation sites is 2. The van der Waals surface area contributed by atoms with E-state index in [4.69, 9.17) is 4.74 Å². The number of carbonyl (C=O) groups is 2. The van der Waals surface area contributed by atoms with E-state index < -0.39 is 40.7 Å². The molecule has 0 saturated heterocycles. The quantitative estimate of drug-likeness (QED) is 0.606. The predicted octanol–water partition coefficient (Wildman–Crippen LogP) is 2.05. The molecular weight excluding hydrogens is 410 g/mol. The molecule has 3 rings (SSSR count). The number of aryl methyl sites for hydroxylation is 1. The van der Waals surface area contributed by atoms with Gasteiger partial charge in [0, 0.05) is 11.8 Å². The fourth-order valence-corrected chi connectivity index (χ4v) is 2.64. The molecule has 0 saturated carbocycles. The van der Waals surface area contributed by atoms with Crippen LogP contribution in [-0.2, 0) is 4.79 Å². The Balaban J connectivity index is 1.72. The minimum absolute atomic E-state index is 0.0463. The van der Waals surface area contributed by atoms with Gasteiger partial charge in [-0.05, 0) is 38.1 Å². The van der Waals surface area contributed by atoms with E-state index >= 15 is 0 Å². The summed E-state index contributed by atoms with van der Waals surface area (Å²) in [6.07, 6.45) is -1.15. The minimum atomic E-state index is -1.15. The van der Waals surface area contributed by atoms with Crippen molar-refractivity contribution in [2.24, 2.45) is 0 Å². The molecule has 2 N–H and O–H groups in total. The summed E-state index contributed by atoms with van der Waals surface area (Å²) >= 11 is 0. The first-order valence-electron chi connectivity index (χ1n) is 9.15. The first kappa shape index (κ1) is 21.6. The predicted molar refractivity (Wildman–Crippen MR) is 107 cm³/mol. The average molecular weight is 428 g/mol. The van der Waals surface area contributed by atoms with E-state index in [0.717, 1.165) is 10.7 Å². The molecule has 31 heavy (non-hydrogen) atoms. The molecule has 1 heterocycles. The van der Waals surface area contributed by atoms with Gasteiger partial charge in [-0.3, -0.25) is 25.2 Å². The monoisotopic (exact) mass is 428 g/mol. The number of aromatic nitrogens is 2. The maximum absolute atomic E-state index is 14.1. The smallest absolute Gasteiger partial charge is 0.294 e. The van der Waals surface area contributed by atoms with Gasteiger partial charge in [0.15, 0.2) is 23.4 Å². The normalized spacial score (nSPS) is 11.5. The van der Waals surface area contributed by atoms with E-state index in [2.05, 4.69) is 16.0 Å². The molecule has 0 bridgehead atoms. The van der Waals surface area contributed by atoms with Crippen molar-refractivity contribution in [3.05, 3.63) is 87.8 Å². The fourth-order valence-electron chi connectivity index (χ4n) is 2.64. The van der Waals surface area contributed by atoms with Crippen LogP contribution in [0, 0.1) is 18.6 Å². The number of hydrazine groups is 1. The molecule has 10 heteroatoms. The summed E-state index contributed by atoms with van der Waals surface area (Å²) in [5.41, 5.74) is 3.22. The molecule has 0 aliphatic rings. The van der Waals surface area contributed by atoms with Crippen LogP contribution in [0.25, 0.3) is 5.69 Å². The average Bonchev–Trinajstić information content (AvgIpc) is 2.74. The molecule has 8 nitrogen and oxygen atoms in total. The van der Waals surface area contributed by atoms with Crippen molar-refractivity contribution in [1.29, 1.82) is 0 Å². The molecule has 2 amide bonds. The van der Waals surface area contributed by atoms with Crippen molar-refractivity contribution >= 4 is 11.8 Å². The molecule has 1 atom stereocenters. The number of rotatable bonds is 5. The maximum atomic E-state index is 14.1. The van der Waals surface area contributed by atoms with Crippen LogP contribution >= 0.6 is 0 Å². The number of nitrogens with zero attached hydrogens (tertiary/aromatic N) is 2. The van der Waals surface area contributed by atoms with E-state index in [1.165, 1.54) is 56.3 Å². The largest absolute Gasteiger partial charge is 0.478 e. The van der Waals surface area contributed by atoms with Gasteiger partial charge in [-0.15, -0.1) is 0 Å². The molecule has 1 aromatic heterocycles. The third-order valence-corrected chi connectivity index (χ3v) is 4.21. The highest BCUT2D eigenvalue weighted by atomic mass is 19.1.